The van der Waals surface area contributed by atoms with E-state index in [1.54, 1.807) is 13.8 Å². The number of rotatable bonds is 1. The Bertz CT molecular complexity index is 569. The van der Waals surface area contributed by atoms with Gasteiger partial charge in [-0.3, -0.25) is 24.7 Å². The minimum Gasteiger partial charge on any atom is -0.382 e. The zero-order chi connectivity index (χ0) is 14.2. The summed E-state index contributed by atoms with van der Waals surface area (Å²) < 4.78 is 0. The van der Waals surface area contributed by atoms with Crippen molar-refractivity contribution in [2.24, 2.45) is 0 Å². The average Bonchev–Trinajstić information content (AvgIpc) is 2.33. The SMILES string of the molecule is CC1(C)C(=O)NC(=O)CN1C(=O)c1cncc(N)n1. The van der Waals surface area contributed by atoms with E-state index in [9.17, 15) is 14.4 Å². The Kier molecular flexibility index (Phi) is 2.93. The fourth-order valence-electron chi connectivity index (χ4n) is 1.73. The number of nitrogens with two attached hydrogens (primary N) is 1. The monoisotopic (exact) mass is 263 g/mol. The fourth-order valence-corrected chi connectivity index (χ4v) is 1.73. The zero-order valence-electron chi connectivity index (χ0n) is 10.5. The van der Waals surface area contributed by atoms with Crippen LogP contribution < -0.4 is 11.1 Å². The molecule has 0 aromatic carbocycles. The first kappa shape index (κ1) is 12.9. The Morgan fingerprint density at radius 2 is 2.11 bits per heavy atom. The third kappa shape index (κ3) is 2.24. The van der Waals surface area contributed by atoms with Gasteiger partial charge in [-0.15, -0.1) is 0 Å². The van der Waals surface area contributed by atoms with E-state index in [0.717, 1.165) is 4.90 Å². The maximum absolute atomic E-state index is 12.3. The number of carbonyl (C=O) groups is 3. The summed E-state index contributed by atoms with van der Waals surface area (Å²) in [6.45, 7) is 2.88. The van der Waals surface area contributed by atoms with Crippen molar-refractivity contribution in [3.8, 4) is 0 Å². The molecule has 0 spiro atoms. The third-order valence-electron chi connectivity index (χ3n) is 2.90. The number of carbonyl (C=O) groups excluding carboxylic acids is 3. The molecule has 0 bridgehead atoms. The molecule has 3 N–H and O–H groups in total. The first-order valence-corrected chi connectivity index (χ1v) is 5.56. The van der Waals surface area contributed by atoms with Gasteiger partial charge in [-0.05, 0) is 13.8 Å². The predicted octanol–water partition coefficient (Wildman–Crippen LogP) is -1.06. The van der Waals surface area contributed by atoms with Crippen LogP contribution in [0.15, 0.2) is 12.4 Å². The molecule has 0 aliphatic carbocycles. The Hall–Kier alpha value is -2.51. The number of imide groups is 1. The molecule has 1 aliphatic rings. The van der Waals surface area contributed by atoms with E-state index in [0.29, 0.717) is 0 Å². The van der Waals surface area contributed by atoms with Gasteiger partial charge in [0.2, 0.25) is 5.91 Å². The summed E-state index contributed by atoms with van der Waals surface area (Å²) >= 11 is 0. The highest BCUT2D eigenvalue weighted by atomic mass is 16.2. The number of amides is 3. The second-order valence-electron chi connectivity index (χ2n) is 4.66. The van der Waals surface area contributed by atoms with Gasteiger partial charge >= 0.3 is 0 Å². The lowest BCUT2D eigenvalue weighted by molar-refractivity contribution is -0.143. The molecule has 1 fully saturated rings. The van der Waals surface area contributed by atoms with Crippen molar-refractivity contribution in [2.45, 2.75) is 19.4 Å². The van der Waals surface area contributed by atoms with Crippen LogP contribution in [0.5, 0.6) is 0 Å². The number of aromatic nitrogens is 2. The van der Waals surface area contributed by atoms with Crippen LogP contribution in [-0.2, 0) is 9.59 Å². The number of nitrogen functional groups attached to an aromatic ring is 1. The second kappa shape index (κ2) is 4.30. The summed E-state index contributed by atoms with van der Waals surface area (Å²) in [6, 6.07) is 0. The van der Waals surface area contributed by atoms with E-state index in [4.69, 9.17) is 5.73 Å². The van der Waals surface area contributed by atoms with E-state index in [1.807, 2.05) is 0 Å². The van der Waals surface area contributed by atoms with Gasteiger partial charge in [-0.2, -0.15) is 0 Å². The van der Waals surface area contributed by atoms with Crippen LogP contribution >= 0.6 is 0 Å². The molecule has 1 aromatic rings. The van der Waals surface area contributed by atoms with E-state index in [-0.39, 0.29) is 18.1 Å². The zero-order valence-corrected chi connectivity index (χ0v) is 10.5. The summed E-state index contributed by atoms with van der Waals surface area (Å²) in [5.41, 5.74) is 4.31. The van der Waals surface area contributed by atoms with Gasteiger partial charge in [0.05, 0.1) is 12.4 Å². The van der Waals surface area contributed by atoms with Gasteiger partial charge in [0, 0.05) is 0 Å². The number of nitrogens with one attached hydrogen (secondary N) is 1. The maximum Gasteiger partial charge on any atom is 0.275 e. The number of hydrogen-bond donors (Lipinski definition) is 2. The van der Waals surface area contributed by atoms with Gasteiger partial charge in [0.25, 0.3) is 11.8 Å². The molecule has 1 aliphatic heterocycles. The Morgan fingerprint density at radius 3 is 2.74 bits per heavy atom. The highest BCUT2D eigenvalue weighted by molar-refractivity contribution is 6.08. The van der Waals surface area contributed by atoms with Crippen molar-refractivity contribution >= 4 is 23.5 Å². The van der Waals surface area contributed by atoms with Crippen LogP contribution in [-0.4, -0.2) is 44.7 Å². The normalized spacial score (nSPS) is 18.1. The molecule has 2 rings (SSSR count). The van der Waals surface area contributed by atoms with Crippen LogP contribution in [0.3, 0.4) is 0 Å². The van der Waals surface area contributed by atoms with Gasteiger partial charge in [0.15, 0.2) is 0 Å². The first-order chi connectivity index (χ1) is 8.82. The Morgan fingerprint density at radius 1 is 1.42 bits per heavy atom. The van der Waals surface area contributed by atoms with Crippen molar-refractivity contribution in [3.05, 3.63) is 18.1 Å². The number of nitrogens with zero attached hydrogens (tertiary/aromatic N) is 3. The van der Waals surface area contributed by atoms with Crippen molar-refractivity contribution < 1.29 is 14.4 Å². The largest absolute Gasteiger partial charge is 0.382 e. The van der Waals surface area contributed by atoms with Gasteiger partial charge in [-0.1, -0.05) is 0 Å². The quantitative estimate of drug-likeness (QED) is 0.623. The lowest BCUT2D eigenvalue weighted by atomic mass is 9.98. The molecule has 3 amide bonds. The van der Waals surface area contributed by atoms with Crippen LogP contribution in [0.2, 0.25) is 0 Å². The minimum atomic E-state index is -1.14. The molecule has 0 radical (unpaired) electrons. The minimum absolute atomic E-state index is 0.00410. The lowest BCUT2D eigenvalue weighted by Crippen LogP contribution is -2.65. The van der Waals surface area contributed by atoms with Crippen molar-refractivity contribution in [1.82, 2.24) is 20.2 Å². The number of piperazine rings is 1. The van der Waals surface area contributed by atoms with E-state index < -0.39 is 23.3 Å². The summed E-state index contributed by atoms with van der Waals surface area (Å²) in [7, 11) is 0. The Labute approximate surface area is 109 Å². The van der Waals surface area contributed by atoms with Gasteiger partial charge in [0.1, 0.15) is 23.6 Å². The summed E-state index contributed by atoms with van der Waals surface area (Å²) in [5, 5.41) is 2.18. The van der Waals surface area contributed by atoms with Crippen molar-refractivity contribution in [1.29, 1.82) is 0 Å². The molecule has 1 saturated heterocycles. The number of hydrogen-bond acceptors (Lipinski definition) is 6. The van der Waals surface area contributed by atoms with Crippen LogP contribution in [0.1, 0.15) is 24.3 Å². The molecule has 0 saturated carbocycles. The van der Waals surface area contributed by atoms with Crippen molar-refractivity contribution in [3.63, 3.8) is 0 Å². The molecule has 2 heterocycles. The lowest BCUT2D eigenvalue weighted by Gasteiger charge is -2.39. The van der Waals surface area contributed by atoms with E-state index in [1.165, 1.54) is 12.4 Å². The molecule has 0 atom stereocenters. The molecule has 0 unspecified atom stereocenters. The average molecular weight is 263 g/mol. The number of anilines is 1. The molecule has 100 valence electrons. The van der Waals surface area contributed by atoms with Crippen LogP contribution in [0.4, 0.5) is 5.82 Å². The molecular formula is C11H13N5O3. The smallest absolute Gasteiger partial charge is 0.275 e. The van der Waals surface area contributed by atoms with Crippen molar-refractivity contribution in [2.75, 3.05) is 12.3 Å². The maximum atomic E-state index is 12.3. The third-order valence-corrected chi connectivity index (χ3v) is 2.90. The van der Waals surface area contributed by atoms with Gasteiger partial charge < -0.3 is 10.6 Å². The first-order valence-electron chi connectivity index (χ1n) is 5.56. The van der Waals surface area contributed by atoms with Gasteiger partial charge in [-0.25, -0.2) is 4.98 Å². The summed E-state index contributed by atoms with van der Waals surface area (Å²) in [4.78, 5) is 44.2. The molecule has 19 heavy (non-hydrogen) atoms. The molecule has 8 heteroatoms. The predicted molar refractivity (Wildman–Crippen MR) is 64.7 cm³/mol. The summed E-state index contributed by atoms with van der Waals surface area (Å²) in [5.74, 6) is -1.53. The fraction of sp³-hybridized carbons (Fsp3) is 0.364. The Balaban J connectivity index is 2.36. The second-order valence-corrected chi connectivity index (χ2v) is 4.66. The van der Waals surface area contributed by atoms with E-state index in [2.05, 4.69) is 15.3 Å². The highest BCUT2D eigenvalue weighted by Crippen LogP contribution is 2.20. The van der Waals surface area contributed by atoms with Crippen LogP contribution in [0, 0.1) is 0 Å². The summed E-state index contributed by atoms with van der Waals surface area (Å²) in [6.07, 6.45) is 2.54. The van der Waals surface area contributed by atoms with Crippen LogP contribution in [0.25, 0.3) is 0 Å². The molecule has 8 nitrogen and oxygen atoms in total. The standard InChI is InChI=1S/C11H13N5O3/c1-11(2)10(19)15-8(17)5-16(11)9(18)6-3-13-4-7(12)14-6/h3-4H,5H2,1-2H3,(H2,12,14)(H,15,17,19). The van der Waals surface area contributed by atoms with E-state index >= 15 is 0 Å². The molecule has 1 aromatic heterocycles. The topological polar surface area (TPSA) is 118 Å². The molecular weight excluding hydrogens is 250 g/mol. The highest BCUT2D eigenvalue weighted by Gasteiger charge is 2.44.